The van der Waals surface area contributed by atoms with Crippen LogP contribution in [0.1, 0.15) is 27.9 Å². The van der Waals surface area contributed by atoms with Crippen molar-refractivity contribution >= 4 is 34.5 Å². The molecule has 0 bridgehead atoms. The zero-order chi connectivity index (χ0) is 19.0. The third-order valence-electron chi connectivity index (χ3n) is 4.64. The van der Waals surface area contributed by atoms with Gasteiger partial charge in [0.15, 0.2) is 0 Å². The topological polar surface area (TPSA) is 62.3 Å². The summed E-state index contributed by atoms with van der Waals surface area (Å²) >= 11 is 1.39. The van der Waals surface area contributed by atoms with Gasteiger partial charge in [0.25, 0.3) is 5.91 Å². The molecule has 2 heterocycles. The van der Waals surface area contributed by atoms with Crippen LogP contribution >= 0.6 is 11.3 Å². The molecule has 4 rings (SSSR count). The lowest BCUT2D eigenvalue weighted by atomic mass is 10.1. The summed E-state index contributed by atoms with van der Waals surface area (Å²) in [7, 11) is 0. The van der Waals surface area contributed by atoms with Crippen LogP contribution < -0.4 is 10.2 Å². The van der Waals surface area contributed by atoms with Crippen LogP contribution in [0.5, 0.6) is 0 Å². The molecule has 2 amide bonds. The molecule has 0 fully saturated rings. The lowest BCUT2D eigenvalue weighted by molar-refractivity contribution is -0.116. The molecule has 3 aromatic rings. The summed E-state index contributed by atoms with van der Waals surface area (Å²) < 4.78 is 0. The van der Waals surface area contributed by atoms with Crippen molar-refractivity contribution in [3.63, 3.8) is 0 Å². The first kappa shape index (κ1) is 17.4. The van der Waals surface area contributed by atoms with Crippen molar-refractivity contribution in [2.75, 3.05) is 16.8 Å². The minimum atomic E-state index is -0.159. The number of benzene rings is 2. The lowest BCUT2D eigenvalue weighted by Gasteiger charge is -2.15. The fourth-order valence-electron chi connectivity index (χ4n) is 3.31. The Morgan fingerprint density at radius 1 is 1.15 bits per heavy atom. The molecule has 1 N–H and O–H groups in total. The monoisotopic (exact) mass is 377 g/mol. The average Bonchev–Trinajstić information content (AvgIpc) is 3.25. The Kier molecular flexibility index (Phi) is 4.49. The molecule has 1 aliphatic heterocycles. The number of thiazole rings is 1. The van der Waals surface area contributed by atoms with Gasteiger partial charge in [0.2, 0.25) is 5.91 Å². The molecule has 5 nitrogen and oxygen atoms in total. The summed E-state index contributed by atoms with van der Waals surface area (Å²) in [4.78, 5) is 31.3. The molecule has 0 aliphatic carbocycles. The fourth-order valence-corrected chi connectivity index (χ4v) is 4.27. The third kappa shape index (κ3) is 3.36. The highest BCUT2D eigenvalue weighted by molar-refractivity contribution is 7.17. The molecular formula is C21H19N3O2S. The summed E-state index contributed by atoms with van der Waals surface area (Å²) in [6.45, 7) is 4.11. The van der Waals surface area contributed by atoms with Gasteiger partial charge in [0.1, 0.15) is 9.88 Å². The number of anilines is 2. The number of carbonyl (C=O) groups is 2. The van der Waals surface area contributed by atoms with Crippen molar-refractivity contribution in [3.05, 3.63) is 64.7 Å². The molecule has 0 unspecified atom stereocenters. The van der Waals surface area contributed by atoms with Crippen molar-refractivity contribution < 1.29 is 9.59 Å². The number of carbonyl (C=O) groups excluding carboxylic acids is 2. The summed E-state index contributed by atoms with van der Waals surface area (Å²) in [5.41, 5.74) is 4.47. The van der Waals surface area contributed by atoms with Crippen molar-refractivity contribution in [3.8, 4) is 10.6 Å². The smallest absolute Gasteiger partial charge is 0.267 e. The second-order valence-corrected chi connectivity index (χ2v) is 7.52. The van der Waals surface area contributed by atoms with Crippen molar-refractivity contribution in [1.82, 2.24) is 4.98 Å². The summed E-state index contributed by atoms with van der Waals surface area (Å²) in [6.07, 6.45) is 0.802. The Hall–Kier alpha value is -2.99. The molecule has 2 aromatic carbocycles. The van der Waals surface area contributed by atoms with Gasteiger partial charge in [0, 0.05) is 30.4 Å². The number of hydrogen-bond donors (Lipinski definition) is 1. The molecular weight excluding hydrogens is 358 g/mol. The van der Waals surface area contributed by atoms with Crippen LogP contribution in [-0.2, 0) is 11.2 Å². The maximum Gasteiger partial charge on any atom is 0.267 e. The maximum atomic E-state index is 12.7. The third-order valence-corrected chi connectivity index (χ3v) is 5.84. The molecule has 27 heavy (non-hydrogen) atoms. The van der Waals surface area contributed by atoms with E-state index in [1.165, 1.54) is 11.3 Å². The van der Waals surface area contributed by atoms with Gasteiger partial charge < -0.3 is 10.2 Å². The molecule has 6 heteroatoms. The standard InChI is InChI=1S/C21H19N3O2S/c1-13-19(27-21(22-13)15-6-4-3-5-7-15)20(26)23-17-8-9-18-16(12-17)10-11-24(18)14(2)25/h3-9,12H,10-11H2,1-2H3,(H,23,26). The summed E-state index contributed by atoms with van der Waals surface area (Å²) in [6, 6.07) is 15.5. The molecule has 0 saturated heterocycles. The Morgan fingerprint density at radius 2 is 1.93 bits per heavy atom. The number of amides is 2. The SMILES string of the molecule is CC(=O)N1CCc2cc(NC(=O)c3sc(-c4ccccc4)nc3C)ccc21. The van der Waals surface area contributed by atoms with Gasteiger partial charge in [-0.2, -0.15) is 0 Å². The number of aryl methyl sites for hydroxylation is 1. The first-order chi connectivity index (χ1) is 13.0. The van der Waals surface area contributed by atoms with E-state index in [-0.39, 0.29) is 11.8 Å². The number of nitrogens with one attached hydrogen (secondary N) is 1. The highest BCUT2D eigenvalue weighted by Gasteiger charge is 2.23. The first-order valence-electron chi connectivity index (χ1n) is 8.78. The van der Waals surface area contributed by atoms with Gasteiger partial charge >= 0.3 is 0 Å². The van der Waals surface area contributed by atoms with E-state index in [1.807, 2.05) is 55.5 Å². The van der Waals surface area contributed by atoms with Gasteiger partial charge in [-0.25, -0.2) is 4.98 Å². The molecule has 136 valence electrons. The first-order valence-corrected chi connectivity index (χ1v) is 9.60. The molecule has 0 spiro atoms. The predicted molar refractivity (Wildman–Crippen MR) is 108 cm³/mol. The Labute approximate surface area is 161 Å². The number of rotatable bonds is 3. The average molecular weight is 377 g/mol. The number of aromatic nitrogens is 1. The van der Waals surface area contributed by atoms with Crippen LogP contribution in [0.15, 0.2) is 48.5 Å². The largest absolute Gasteiger partial charge is 0.321 e. The Morgan fingerprint density at radius 3 is 2.67 bits per heavy atom. The second kappa shape index (κ2) is 6.96. The van der Waals surface area contributed by atoms with E-state index in [1.54, 1.807) is 11.8 Å². The van der Waals surface area contributed by atoms with Crippen molar-refractivity contribution in [1.29, 1.82) is 0 Å². The van der Waals surface area contributed by atoms with E-state index < -0.39 is 0 Å². The number of hydrogen-bond acceptors (Lipinski definition) is 4. The Bertz CT molecular complexity index is 1030. The van der Waals surface area contributed by atoms with E-state index in [2.05, 4.69) is 10.3 Å². The Balaban J connectivity index is 1.55. The quantitative estimate of drug-likeness (QED) is 0.741. The summed E-state index contributed by atoms with van der Waals surface area (Å²) in [5.74, 6) is -0.118. The van der Waals surface area contributed by atoms with Gasteiger partial charge in [-0.1, -0.05) is 30.3 Å². The van der Waals surface area contributed by atoms with Crippen LogP contribution in [0.3, 0.4) is 0 Å². The maximum absolute atomic E-state index is 12.7. The van der Waals surface area contributed by atoms with Crippen LogP contribution in [-0.4, -0.2) is 23.3 Å². The minimum absolute atomic E-state index is 0.0410. The molecule has 0 radical (unpaired) electrons. The molecule has 0 atom stereocenters. The normalized spacial score (nSPS) is 12.7. The van der Waals surface area contributed by atoms with E-state index >= 15 is 0 Å². The zero-order valence-electron chi connectivity index (χ0n) is 15.2. The van der Waals surface area contributed by atoms with E-state index in [0.717, 1.165) is 39.6 Å². The van der Waals surface area contributed by atoms with E-state index in [9.17, 15) is 9.59 Å². The highest BCUT2D eigenvalue weighted by Crippen LogP contribution is 2.32. The van der Waals surface area contributed by atoms with Crippen LogP contribution in [0.4, 0.5) is 11.4 Å². The molecule has 1 aromatic heterocycles. The fraction of sp³-hybridized carbons (Fsp3) is 0.190. The van der Waals surface area contributed by atoms with Crippen molar-refractivity contribution in [2.24, 2.45) is 0 Å². The minimum Gasteiger partial charge on any atom is -0.321 e. The number of nitrogens with zero attached hydrogens (tertiary/aromatic N) is 2. The second-order valence-electron chi connectivity index (χ2n) is 6.52. The molecule has 1 aliphatic rings. The van der Waals surface area contributed by atoms with Crippen LogP contribution in [0.25, 0.3) is 10.6 Å². The summed E-state index contributed by atoms with van der Waals surface area (Å²) in [5, 5.41) is 3.80. The zero-order valence-corrected chi connectivity index (χ0v) is 16.0. The lowest BCUT2D eigenvalue weighted by Crippen LogP contribution is -2.25. The highest BCUT2D eigenvalue weighted by atomic mass is 32.1. The molecule has 0 saturated carbocycles. The predicted octanol–water partition coefficient (Wildman–Crippen LogP) is 4.28. The van der Waals surface area contributed by atoms with Crippen molar-refractivity contribution in [2.45, 2.75) is 20.3 Å². The van der Waals surface area contributed by atoms with Gasteiger partial charge in [-0.15, -0.1) is 11.3 Å². The number of fused-ring (bicyclic) bond motifs is 1. The van der Waals surface area contributed by atoms with E-state index in [4.69, 9.17) is 0 Å². The van der Waals surface area contributed by atoms with Gasteiger partial charge in [-0.3, -0.25) is 9.59 Å². The van der Waals surface area contributed by atoms with E-state index in [0.29, 0.717) is 11.4 Å². The van der Waals surface area contributed by atoms with Gasteiger partial charge in [-0.05, 0) is 37.1 Å². The van der Waals surface area contributed by atoms with Crippen LogP contribution in [0.2, 0.25) is 0 Å². The van der Waals surface area contributed by atoms with Crippen LogP contribution in [0, 0.1) is 6.92 Å². The van der Waals surface area contributed by atoms with Gasteiger partial charge in [0.05, 0.1) is 5.69 Å².